The Hall–Kier alpha value is -2.66. The quantitative estimate of drug-likeness (QED) is 0.716. The maximum atomic E-state index is 13.1. The summed E-state index contributed by atoms with van der Waals surface area (Å²) in [4.78, 5) is 25.6. The lowest BCUT2D eigenvalue weighted by atomic mass is 9.84. The zero-order valence-electron chi connectivity index (χ0n) is 16.7. The lowest BCUT2D eigenvalue weighted by molar-refractivity contribution is -0.125. The number of aryl methyl sites for hydroxylation is 2. The van der Waals surface area contributed by atoms with Gasteiger partial charge in [0.15, 0.2) is 0 Å². The van der Waals surface area contributed by atoms with Crippen LogP contribution in [0, 0.1) is 19.3 Å². The highest BCUT2D eigenvalue weighted by atomic mass is 16.2. The first-order chi connectivity index (χ1) is 13.4. The Labute approximate surface area is 166 Å². The van der Waals surface area contributed by atoms with Crippen LogP contribution in [0.3, 0.4) is 0 Å². The molecule has 0 heterocycles. The Morgan fingerprint density at radius 2 is 1.68 bits per heavy atom. The largest absolute Gasteiger partial charge is 0.351 e. The van der Waals surface area contributed by atoms with E-state index in [0.29, 0.717) is 18.7 Å². The molecular formula is C23H29N3O2. The second kappa shape index (κ2) is 8.57. The highest BCUT2D eigenvalue weighted by molar-refractivity contribution is 5.97. The van der Waals surface area contributed by atoms with Crippen LogP contribution < -0.4 is 16.4 Å². The van der Waals surface area contributed by atoms with Crippen molar-refractivity contribution in [3.8, 4) is 0 Å². The van der Waals surface area contributed by atoms with E-state index in [-0.39, 0.29) is 11.8 Å². The summed E-state index contributed by atoms with van der Waals surface area (Å²) in [5.74, 6) is -0.166. The fourth-order valence-electron chi connectivity index (χ4n) is 3.76. The van der Waals surface area contributed by atoms with Crippen molar-refractivity contribution in [3.05, 3.63) is 64.7 Å². The number of anilines is 1. The Morgan fingerprint density at radius 3 is 2.29 bits per heavy atom. The molecule has 1 saturated carbocycles. The van der Waals surface area contributed by atoms with E-state index in [0.717, 1.165) is 42.5 Å². The van der Waals surface area contributed by atoms with E-state index in [1.54, 1.807) is 12.1 Å². The van der Waals surface area contributed by atoms with Crippen LogP contribution >= 0.6 is 0 Å². The average molecular weight is 380 g/mol. The van der Waals surface area contributed by atoms with Gasteiger partial charge in [0.05, 0.1) is 5.41 Å². The van der Waals surface area contributed by atoms with Crippen LogP contribution in [0.15, 0.2) is 42.5 Å². The number of benzene rings is 2. The van der Waals surface area contributed by atoms with Gasteiger partial charge in [0.25, 0.3) is 5.91 Å². The topological polar surface area (TPSA) is 84.2 Å². The number of hydrogen-bond acceptors (Lipinski definition) is 3. The second-order valence-corrected chi connectivity index (χ2v) is 7.82. The predicted molar refractivity (Wildman–Crippen MR) is 112 cm³/mol. The van der Waals surface area contributed by atoms with Crippen LogP contribution in [-0.2, 0) is 11.3 Å². The Balaban J connectivity index is 1.67. The summed E-state index contributed by atoms with van der Waals surface area (Å²) in [6.45, 7) is 4.88. The van der Waals surface area contributed by atoms with Crippen molar-refractivity contribution in [2.45, 2.75) is 46.1 Å². The third-order valence-electron chi connectivity index (χ3n) is 5.85. The SMILES string of the molecule is Cc1ccc(NC(=O)C2(CNC(=O)c3ccc(CN)cc3)CCCC2)cc1C. The van der Waals surface area contributed by atoms with Gasteiger partial charge in [-0.25, -0.2) is 0 Å². The normalized spacial score (nSPS) is 15.2. The van der Waals surface area contributed by atoms with Crippen LogP contribution in [-0.4, -0.2) is 18.4 Å². The van der Waals surface area contributed by atoms with E-state index < -0.39 is 5.41 Å². The van der Waals surface area contributed by atoms with Crippen molar-refractivity contribution < 1.29 is 9.59 Å². The van der Waals surface area contributed by atoms with Gasteiger partial charge < -0.3 is 16.4 Å². The highest BCUT2D eigenvalue weighted by Crippen LogP contribution is 2.38. The van der Waals surface area contributed by atoms with Crippen molar-refractivity contribution in [2.75, 3.05) is 11.9 Å². The molecule has 0 aromatic heterocycles. The van der Waals surface area contributed by atoms with Crippen molar-refractivity contribution in [2.24, 2.45) is 11.1 Å². The maximum Gasteiger partial charge on any atom is 0.251 e. The molecule has 4 N–H and O–H groups in total. The number of carbonyl (C=O) groups is 2. The number of nitrogens with two attached hydrogens (primary N) is 1. The van der Waals surface area contributed by atoms with Gasteiger partial charge in [-0.3, -0.25) is 9.59 Å². The van der Waals surface area contributed by atoms with Crippen LogP contribution in [0.4, 0.5) is 5.69 Å². The summed E-state index contributed by atoms with van der Waals surface area (Å²) in [5.41, 5.74) is 9.77. The first kappa shape index (κ1) is 20.1. The fraction of sp³-hybridized carbons (Fsp3) is 0.391. The summed E-state index contributed by atoms with van der Waals surface area (Å²) in [6, 6.07) is 13.2. The maximum absolute atomic E-state index is 13.1. The Morgan fingerprint density at radius 1 is 1.00 bits per heavy atom. The van der Waals surface area contributed by atoms with E-state index in [1.165, 1.54) is 5.56 Å². The minimum Gasteiger partial charge on any atom is -0.351 e. The van der Waals surface area contributed by atoms with Crippen LogP contribution in [0.1, 0.15) is 52.7 Å². The minimum absolute atomic E-state index is 0.00738. The molecule has 0 unspecified atom stereocenters. The Bertz CT molecular complexity index is 853. The first-order valence-corrected chi connectivity index (χ1v) is 9.89. The van der Waals surface area contributed by atoms with Crippen molar-refractivity contribution >= 4 is 17.5 Å². The number of carbonyl (C=O) groups excluding carboxylic acids is 2. The van der Waals surface area contributed by atoms with Crippen molar-refractivity contribution in [1.29, 1.82) is 0 Å². The molecule has 2 aromatic carbocycles. The lowest BCUT2D eigenvalue weighted by Crippen LogP contribution is -2.44. The fourth-order valence-corrected chi connectivity index (χ4v) is 3.76. The summed E-state index contributed by atoms with van der Waals surface area (Å²) < 4.78 is 0. The Kier molecular flexibility index (Phi) is 6.15. The molecule has 0 atom stereocenters. The highest BCUT2D eigenvalue weighted by Gasteiger charge is 2.41. The molecule has 0 radical (unpaired) electrons. The van der Waals surface area contributed by atoms with Gasteiger partial charge in [-0.05, 0) is 67.6 Å². The molecule has 3 rings (SSSR count). The van der Waals surface area contributed by atoms with Gasteiger partial charge >= 0.3 is 0 Å². The van der Waals surface area contributed by atoms with E-state index in [4.69, 9.17) is 5.73 Å². The van der Waals surface area contributed by atoms with Crippen molar-refractivity contribution in [1.82, 2.24) is 5.32 Å². The first-order valence-electron chi connectivity index (χ1n) is 9.89. The van der Waals surface area contributed by atoms with Gasteiger partial charge in [-0.2, -0.15) is 0 Å². The zero-order valence-corrected chi connectivity index (χ0v) is 16.7. The van der Waals surface area contributed by atoms with Crippen LogP contribution in [0.25, 0.3) is 0 Å². The second-order valence-electron chi connectivity index (χ2n) is 7.82. The number of nitrogens with one attached hydrogen (secondary N) is 2. The van der Waals surface area contributed by atoms with Crippen molar-refractivity contribution in [3.63, 3.8) is 0 Å². The lowest BCUT2D eigenvalue weighted by Gasteiger charge is -2.28. The molecule has 1 aliphatic rings. The van der Waals surface area contributed by atoms with Gasteiger partial charge in [-0.1, -0.05) is 31.0 Å². The molecule has 0 saturated heterocycles. The van der Waals surface area contributed by atoms with Gasteiger partial charge in [0.2, 0.25) is 5.91 Å². The number of rotatable bonds is 6. The molecule has 1 aliphatic carbocycles. The minimum atomic E-state index is -0.550. The monoisotopic (exact) mass is 379 g/mol. The van der Waals surface area contributed by atoms with Crippen LogP contribution in [0.2, 0.25) is 0 Å². The molecular weight excluding hydrogens is 350 g/mol. The molecule has 148 valence electrons. The third-order valence-corrected chi connectivity index (χ3v) is 5.85. The summed E-state index contributed by atoms with van der Waals surface area (Å²) in [6.07, 6.45) is 3.58. The average Bonchev–Trinajstić information content (AvgIpc) is 3.19. The summed E-state index contributed by atoms with van der Waals surface area (Å²) in [5, 5.41) is 6.04. The van der Waals surface area contributed by atoms with E-state index in [9.17, 15) is 9.59 Å². The van der Waals surface area contributed by atoms with Gasteiger partial charge in [-0.15, -0.1) is 0 Å². The predicted octanol–water partition coefficient (Wildman–Crippen LogP) is 3.69. The van der Waals surface area contributed by atoms with E-state index in [1.807, 2.05) is 37.3 Å². The standard InChI is InChI=1S/C23H29N3O2/c1-16-5-10-20(13-17(16)2)26-22(28)23(11-3-4-12-23)15-25-21(27)19-8-6-18(14-24)7-9-19/h5-10,13H,3-4,11-12,14-15,24H2,1-2H3,(H,25,27)(H,26,28). The van der Waals surface area contributed by atoms with Crippen LogP contribution in [0.5, 0.6) is 0 Å². The molecule has 5 nitrogen and oxygen atoms in total. The van der Waals surface area contributed by atoms with Gasteiger partial charge in [0, 0.05) is 24.3 Å². The molecule has 2 aromatic rings. The van der Waals surface area contributed by atoms with Gasteiger partial charge in [0.1, 0.15) is 0 Å². The molecule has 28 heavy (non-hydrogen) atoms. The zero-order chi connectivity index (χ0) is 20.1. The third kappa shape index (κ3) is 4.42. The van der Waals surface area contributed by atoms with E-state index in [2.05, 4.69) is 17.6 Å². The number of amides is 2. The summed E-state index contributed by atoms with van der Waals surface area (Å²) >= 11 is 0. The molecule has 5 heteroatoms. The number of hydrogen-bond donors (Lipinski definition) is 3. The molecule has 1 fully saturated rings. The molecule has 0 aliphatic heterocycles. The smallest absolute Gasteiger partial charge is 0.251 e. The molecule has 0 spiro atoms. The summed E-state index contributed by atoms with van der Waals surface area (Å²) in [7, 11) is 0. The molecule has 2 amide bonds. The van der Waals surface area contributed by atoms with E-state index >= 15 is 0 Å². The molecule has 0 bridgehead atoms.